The molecule has 2 heterocycles. The van der Waals surface area contributed by atoms with Gasteiger partial charge in [-0.3, -0.25) is 4.79 Å². The molecule has 0 saturated carbocycles. The lowest BCUT2D eigenvalue weighted by atomic mass is 9.86. The Bertz CT molecular complexity index is 404. The van der Waals surface area contributed by atoms with Crippen LogP contribution in [0.2, 0.25) is 0 Å². The van der Waals surface area contributed by atoms with E-state index < -0.39 is 5.97 Å². The van der Waals surface area contributed by atoms with Gasteiger partial charge in [0.25, 0.3) is 0 Å². The Hall–Kier alpha value is -0.910. The number of carboxylic acid groups (broad SMARTS) is 1. The molecule has 2 amide bonds. The van der Waals surface area contributed by atoms with Gasteiger partial charge in [-0.15, -0.1) is 0 Å². The van der Waals surface area contributed by atoms with E-state index >= 15 is 0 Å². The molecule has 6 heteroatoms. The molecular weight excluding hydrogens is 288 g/mol. The van der Waals surface area contributed by atoms with Gasteiger partial charge in [-0.1, -0.05) is 13.8 Å². The van der Waals surface area contributed by atoms with Gasteiger partial charge in [-0.25, -0.2) is 4.79 Å². The van der Waals surface area contributed by atoms with E-state index in [0.29, 0.717) is 18.4 Å². The predicted octanol–water partition coefficient (Wildman–Crippen LogP) is 2.36. The van der Waals surface area contributed by atoms with Gasteiger partial charge >= 0.3 is 12.0 Å². The van der Waals surface area contributed by atoms with E-state index in [1.807, 2.05) is 4.90 Å². The molecule has 2 saturated heterocycles. The number of rotatable bonds is 2. The van der Waals surface area contributed by atoms with E-state index in [0.717, 1.165) is 24.5 Å². The lowest BCUT2D eigenvalue weighted by Crippen LogP contribution is -2.58. The van der Waals surface area contributed by atoms with Crippen LogP contribution in [0.3, 0.4) is 0 Å². The molecule has 0 aliphatic carbocycles. The Kier molecular flexibility index (Phi) is 5.41. The molecule has 4 atom stereocenters. The fourth-order valence-corrected chi connectivity index (χ4v) is 4.47. The number of thioether (sulfide) groups is 1. The van der Waals surface area contributed by atoms with Crippen LogP contribution in [0.4, 0.5) is 4.79 Å². The molecule has 1 N–H and O–H groups in total. The number of carbonyl (C=O) groups excluding carboxylic acids is 1. The normalized spacial score (nSPS) is 33.9. The molecule has 2 rings (SSSR count). The number of hydrogen-bond acceptors (Lipinski definition) is 3. The average molecular weight is 314 g/mol. The van der Waals surface area contributed by atoms with Crippen LogP contribution in [0, 0.1) is 11.8 Å². The summed E-state index contributed by atoms with van der Waals surface area (Å²) >= 11 is 1.74. The number of nitrogens with zero attached hydrogens (tertiary/aromatic N) is 2. The molecule has 0 radical (unpaired) electrons. The van der Waals surface area contributed by atoms with Crippen LogP contribution in [0.25, 0.3) is 0 Å². The van der Waals surface area contributed by atoms with Gasteiger partial charge in [-0.2, -0.15) is 11.8 Å². The fraction of sp³-hybridized carbons (Fsp3) is 0.867. The second kappa shape index (κ2) is 6.90. The van der Waals surface area contributed by atoms with Crippen molar-refractivity contribution in [1.29, 1.82) is 0 Å². The highest BCUT2D eigenvalue weighted by molar-refractivity contribution is 7.99. The zero-order valence-electron chi connectivity index (χ0n) is 13.1. The average Bonchev–Trinajstić information content (AvgIpc) is 2.42. The first kappa shape index (κ1) is 16.5. The molecule has 21 heavy (non-hydrogen) atoms. The first-order valence-corrected chi connectivity index (χ1v) is 8.92. The largest absolute Gasteiger partial charge is 0.481 e. The number of amides is 2. The van der Waals surface area contributed by atoms with Crippen molar-refractivity contribution < 1.29 is 14.7 Å². The smallest absolute Gasteiger partial charge is 0.320 e. The monoisotopic (exact) mass is 314 g/mol. The Morgan fingerprint density at radius 2 is 1.95 bits per heavy atom. The molecule has 0 aromatic rings. The minimum absolute atomic E-state index is 0.0347. The number of urea groups is 1. The summed E-state index contributed by atoms with van der Waals surface area (Å²) in [5.74, 6) is 1.81. The number of likely N-dealkylation sites (tertiary alicyclic amines) is 1. The van der Waals surface area contributed by atoms with Crippen LogP contribution < -0.4 is 0 Å². The van der Waals surface area contributed by atoms with Gasteiger partial charge in [0.2, 0.25) is 0 Å². The minimum Gasteiger partial charge on any atom is -0.481 e. The standard InChI is InChI=1S/C15H26N2O3S/c1-10-6-11(2)12(3)17(8-10)15(20)16-4-5-21-9-13(16)7-14(18)19/h10-13H,4-9H2,1-3H3,(H,18,19). The lowest BCUT2D eigenvalue weighted by Gasteiger charge is -2.45. The second-order valence-corrected chi connectivity index (χ2v) is 7.66. The molecule has 0 aromatic carbocycles. The SMILES string of the molecule is CC1CC(C)C(C)N(C(=O)N2CCSCC2CC(=O)O)C1. The van der Waals surface area contributed by atoms with Crippen LogP contribution in [0.5, 0.6) is 0 Å². The van der Waals surface area contributed by atoms with E-state index in [1.54, 1.807) is 16.7 Å². The van der Waals surface area contributed by atoms with Crippen molar-refractivity contribution in [3.05, 3.63) is 0 Å². The van der Waals surface area contributed by atoms with Gasteiger partial charge in [0.1, 0.15) is 0 Å². The van der Waals surface area contributed by atoms with Crippen molar-refractivity contribution in [2.45, 2.75) is 45.7 Å². The molecule has 0 aromatic heterocycles. The molecule has 0 bridgehead atoms. The molecular formula is C15H26N2O3S. The number of hydrogen-bond donors (Lipinski definition) is 1. The van der Waals surface area contributed by atoms with Crippen LogP contribution in [0.1, 0.15) is 33.6 Å². The summed E-state index contributed by atoms with van der Waals surface area (Å²) < 4.78 is 0. The zero-order chi connectivity index (χ0) is 15.6. The Morgan fingerprint density at radius 3 is 2.62 bits per heavy atom. The van der Waals surface area contributed by atoms with Gasteiger partial charge in [0.05, 0.1) is 12.5 Å². The van der Waals surface area contributed by atoms with Crippen LogP contribution in [0.15, 0.2) is 0 Å². The first-order valence-electron chi connectivity index (χ1n) is 7.77. The minimum atomic E-state index is -0.825. The molecule has 120 valence electrons. The van der Waals surface area contributed by atoms with E-state index in [1.165, 1.54) is 0 Å². The summed E-state index contributed by atoms with van der Waals surface area (Å²) in [5.41, 5.74) is 0. The van der Waals surface area contributed by atoms with Crippen LogP contribution >= 0.6 is 11.8 Å². The van der Waals surface area contributed by atoms with Gasteiger partial charge < -0.3 is 14.9 Å². The summed E-state index contributed by atoms with van der Waals surface area (Å²) in [6.07, 6.45) is 1.20. The van der Waals surface area contributed by atoms with Crippen molar-refractivity contribution in [2.24, 2.45) is 11.8 Å². The second-order valence-electron chi connectivity index (χ2n) is 6.51. The fourth-order valence-electron chi connectivity index (χ4n) is 3.41. The number of carbonyl (C=O) groups is 2. The van der Waals surface area contributed by atoms with Crippen LogP contribution in [-0.2, 0) is 4.79 Å². The van der Waals surface area contributed by atoms with Crippen LogP contribution in [-0.4, -0.2) is 63.6 Å². The summed E-state index contributed by atoms with van der Waals surface area (Å²) in [6.45, 7) is 7.94. The highest BCUT2D eigenvalue weighted by Crippen LogP contribution is 2.29. The summed E-state index contributed by atoms with van der Waals surface area (Å²) in [4.78, 5) is 27.7. The van der Waals surface area contributed by atoms with Crippen molar-refractivity contribution in [3.63, 3.8) is 0 Å². The maximum Gasteiger partial charge on any atom is 0.320 e. The Balaban J connectivity index is 2.10. The molecule has 0 spiro atoms. The summed E-state index contributed by atoms with van der Waals surface area (Å²) in [7, 11) is 0. The third kappa shape index (κ3) is 3.84. The lowest BCUT2D eigenvalue weighted by molar-refractivity contribution is -0.138. The van der Waals surface area contributed by atoms with Crippen molar-refractivity contribution in [2.75, 3.05) is 24.6 Å². The predicted molar refractivity (Wildman–Crippen MR) is 84.6 cm³/mol. The quantitative estimate of drug-likeness (QED) is 0.850. The van der Waals surface area contributed by atoms with Gasteiger partial charge in [0, 0.05) is 30.6 Å². The molecule has 4 unspecified atom stereocenters. The maximum atomic E-state index is 12.9. The zero-order valence-corrected chi connectivity index (χ0v) is 13.9. The Labute approximate surface area is 131 Å². The van der Waals surface area contributed by atoms with Crippen molar-refractivity contribution >= 4 is 23.8 Å². The van der Waals surface area contributed by atoms with E-state index in [2.05, 4.69) is 20.8 Å². The molecule has 2 aliphatic rings. The van der Waals surface area contributed by atoms with Crippen molar-refractivity contribution in [3.8, 4) is 0 Å². The topological polar surface area (TPSA) is 60.9 Å². The third-order valence-corrected chi connectivity index (χ3v) is 5.82. The van der Waals surface area contributed by atoms with E-state index in [4.69, 9.17) is 5.11 Å². The van der Waals surface area contributed by atoms with E-state index in [-0.39, 0.29) is 24.5 Å². The van der Waals surface area contributed by atoms with Gasteiger partial charge in [-0.05, 0) is 25.2 Å². The first-order chi connectivity index (χ1) is 9.90. The summed E-state index contributed by atoms with van der Waals surface area (Å²) in [5, 5.41) is 9.05. The number of carboxylic acids is 1. The number of aliphatic carboxylic acids is 1. The highest BCUT2D eigenvalue weighted by Gasteiger charge is 2.37. The molecule has 2 fully saturated rings. The molecule has 5 nitrogen and oxygen atoms in total. The third-order valence-electron chi connectivity index (χ3n) is 4.73. The molecule has 2 aliphatic heterocycles. The van der Waals surface area contributed by atoms with Gasteiger partial charge in [0.15, 0.2) is 0 Å². The van der Waals surface area contributed by atoms with Crippen molar-refractivity contribution in [1.82, 2.24) is 9.80 Å². The highest BCUT2D eigenvalue weighted by atomic mass is 32.2. The number of piperidine rings is 1. The van der Waals surface area contributed by atoms with E-state index in [9.17, 15) is 9.59 Å². The maximum absolute atomic E-state index is 12.9. The Morgan fingerprint density at radius 1 is 1.24 bits per heavy atom. The summed E-state index contributed by atoms with van der Waals surface area (Å²) in [6, 6.07) is 0.0923.